The minimum absolute atomic E-state index is 0.0170. The van der Waals surface area contributed by atoms with E-state index in [1.54, 1.807) is 18.5 Å². The van der Waals surface area contributed by atoms with Gasteiger partial charge in [0.15, 0.2) is 0 Å². The highest BCUT2D eigenvalue weighted by atomic mass is 79.9. The van der Waals surface area contributed by atoms with Crippen molar-refractivity contribution in [2.24, 2.45) is 0 Å². The summed E-state index contributed by atoms with van der Waals surface area (Å²) in [6.45, 7) is 0. The molecule has 0 atom stereocenters. The minimum Gasteiger partial charge on any atom is -0.321 e. The number of nitrogens with zero attached hydrogens (tertiary/aromatic N) is 1. The summed E-state index contributed by atoms with van der Waals surface area (Å²) in [6, 6.07) is 5.52. The molecule has 2 rings (SSSR count). The Labute approximate surface area is 116 Å². The highest BCUT2D eigenvalue weighted by molar-refractivity contribution is 9.10. The second-order valence-electron chi connectivity index (χ2n) is 3.44. The van der Waals surface area contributed by atoms with E-state index < -0.39 is 11.7 Å². The zero-order chi connectivity index (χ0) is 13.1. The van der Waals surface area contributed by atoms with Gasteiger partial charge in [-0.1, -0.05) is 11.6 Å². The predicted molar refractivity (Wildman–Crippen MR) is 71.3 cm³/mol. The molecule has 0 aliphatic rings. The number of pyridine rings is 1. The first kappa shape index (κ1) is 13.0. The van der Waals surface area contributed by atoms with Gasteiger partial charge in [-0.3, -0.25) is 9.78 Å². The summed E-state index contributed by atoms with van der Waals surface area (Å²) in [7, 11) is 0. The van der Waals surface area contributed by atoms with Gasteiger partial charge in [0.1, 0.15) is 5.82 Å². The molecule has 0 radical (unpaired) electrons. The van der Waals surface area contributed by atoms with Crippen LogP contribution in [0.25, 0.3) is 0 Å². The van der Waals surface area contributed by atoms with Crippen molar-refractivity contribution in [1.29, 1.82) is 0 Å². The molecule has 18 heavy (non-hydrogen) atoms. The number of anilines is 1. The summed E-state index contributed by atoms with van der Waals surface area (Å²) in [4.78, 5) is 15.7. The van der Waals surface area contributed by atoms with Gasteiger partial charge in [-0.05, 0) is 40.2 Å². The van der Waals surface area contributed by atoms with Crippen LogP contribution in [0.3, 0.4) is 0 Å². The number of carbonyl (C=O) groups excluding carboxylic acids is 1. The van der Waals surface area contributed by atoms with E-state index in [4.69, 9.17) is 11.6 Å². The van der Waals surface area contributed by atoms with E-state index in [2.05, 4.69) is 26.2 Å². The third kappa shape index (κ3) is 2.86. The Kier molecular flexibility index (Phi) is 3.93. The van der Waals surface area contributed by atoms with Crippen LogP contribution in [0.15, 0.2) is 41.1 Å². The fraction of sp³-hybridized carbons (Fsp3) is 0. The Morgan fingerprint density at radius 3 is 2.83 bits per heavy atom. The van der Waals surface area contributed by atoms with Crippen LogP contribution in [0.2, 0.25) is 5.02 Å². The molecule has 0 saturated carbocycles. The maximum absolute atomic E-state index is 13.2. The number of nitrogens with one attached hydrogen (secondary N) is 1. The first-order valence-corrected chi connectivity index (χ1v) is 6.11. The molecule has 6 heteroatoms. The zero-order valence-electron chi connectivity index (χ0n) is 8.95. The molecule has 1 heterocycles. The number of hydrogen-bond donors (Lipinski definition) is 1. The van der Waals surface area contributed by atoms with E-state index in [0.29, 0.717) is 10.2 Å². The monoisotopic (exact) mass is 328 g/mol. The molecule has 0 aliphatic heterocycles. The molecular formula is C12H7BrClFN2O. The summed E-state index contributed by atoms with van der Waals surface area (Å²) in [5.74, 6) is -1.05. The van der Waals surface area contributed by atoms with E-state index in [9.17, 15) is 9.18 Å². The summed E-state index contributed by atoms with van der Waals surface area (Å²) < 4.78 is 13.9. The summed E-state index contributed by atoms with van der Waals surface area (Å²) in [5, 5.41) is 2.62. The maximum atomic E-state index is 13.2. The first-order chi connectivity index (χ1) is 8.58. The van der Waals surface area contributed by atoms with Gasteiger partial charge >= 0.3 is 0 Å². The number of carbonyl (C=O) groups is 1. The third-order valence-electron chi connectivity index (χ3n) is 2.20. The topological polar surface area (TPSA) is 42.0 Å². The summed E-state index contributed by atoms with van der Waals surface area (Å²) in [6.07, 6.45) is 3.10. The number of halogens is 3. The molecule has 3 nitrogen and oxygen atoms in total. The normalized spacial score (nSPS) is 10.2. The fourth-order valence-electron chi connectivity index (χ4n) is 1.31. The Bertz CT molecular complexity index is 606. The lowest BCUT2D eigenvalue weighted by Crippen LogP contribution is -2.12. The minimum atomic E-state index is -0.627. The van der Waals surface area contributed by atoms with Gasteiger partial charge in [0, 0.05) is 18.0 Å². The largest absolute Gasteiger partial charge is 0.321 e. The second kappa shape index (κ2) is 5.46. The van der Waals surface area contributed by atoms with Crippen LogP contribution in [-0.4, -0.2) is 10.9 Å². The van der Waals surface area contributed by atoms with Crippen molar-refractivity contribution < 1.29 is 9.18 Å². The molecule has 0 saturated heterocycles. The average Bonchev–Trinajstić information content (AvgIpc) is 2.35. The quantitative estimate of drug-likeness (QED) is 0.908. The molecule has 92 valence electrons. The Morgan fingerprint density at radius 1 is 1.39 bits per heavy atom. The van der Waals surface area contributed by atoms with E-state index in [1.807, 2.05) is 0 Å². The molecule has 1 aromatic heterocycles. The molecule has 1 amide bonds. The van der Waals surface area contributed by atoms with Crippen LogP contribution in [0.1, 0.15) is 10.4 Å². The van der Waals surface area contributed by atoms with Gasteiger partial charge in [0.05, 0.1) is 15.2 Å². The van der Waals surface area contributed by atoms with E-state index in [1.165, 1.54) is 12.1 Å². The lowest BCUT2D eigenvalue weighted by molar-refractivity contribution is 0.102. The van der Waals surface area contributed by atoms with Crippen LogP contribution in [-0.2, 0) is 0 Å². The van der Waals surface area contributed by atoms with E-state index in [0.717, 1.165) is 6.07 Å². The van der Waals surface area contributed by atoms with Crippen molar-refractivity contribution in [3.05, 3.63) is 57.5 Å². The van der Waals surface area contributed by atoms with Crippen LogP contribution in [0.4, 0.5) is 10.1 Å². The molecule has 0 fully saturated rings. The number of amides is 1. The van der Waals surface area contributed by atoms with Gasteiger partial charge in [0.25, 0.3) is 5.91 Å². The molecule has 2 aromatic rings. The van der Waals surface area contributed by atoms with Crippen LogP contribution >= 0.6 is 27.5 Å². The third-order valence-corrected chi connectivity index (χ3v) is 3.14. The van der Waals surface area contributed by atoms with Crippen molar-refractivity contribution in [3.8, 4) is 0 Å². The van der Waals surface area contributed by atoms with Crippen molar-refractivity contribution in [1.82, 2.24) is 4.98 Å². The van der Waals surface area contributed by atoms with E-state index >= 15 is 0 Å². The standard InChI is InChI=1S/C12H7BrClFN2O/c13-8-6-16-4-3-11(8)17-12(18)7-1-2-9(14)10(15)5-7/h1-6H,(H,16,17,18). The van der Waals surface area contributed by atoms with Gasteiger partial charge < -0.3 is 5.32 Å². The number of aromatic nitrogens is 1. The first-order valence-electron chi connectivity index (χ1n) is 4.94. The van der Waals surface area contributed by atoms with E-state index in [-0.39, 0.29) is 10.6 Å². The van der Waals surface area contributed by atoms with Gasteiger partial charge in [-0.15, -0.1) is 0 Å². The van der Waals surface area contributed by atoms with Crippen molar-refractivity contribution >= 4 is 39.1 Å². The lowest BCUT2D eigenvalue weighted by atomic mass is 10.2. The molecule has 1 aromatic carbocycles. The van der Waals surface area contributed by atoms with Crippen LogP contribution < -0.4 is 5.32 Å². The summed E-state index contributed by atoms with van der Waals surface area (Å²) in [5.41, 5.74) is 0.756. The summed E-state index contributed by atoms with van der Waals surface area (Å²) >= 11 is 8.80. The zero-order valence-corrected chi connectivity index (χ0v) is 11.3. The number of benzene rings is 1. The number of rotatable bonds is 2. The Balaban J connectivity index is 2.22. The Morgan fingerprint density at radius 2 is 2.17 bits per heavy atom. The van der Waals surface area contributed by atoms with Crippen molar-refractivity contribution in [2.75, 3.05) is 5.32 Å². The van der Waals surface area contributed by atoms with Gasteiger partial charge in [-0.25, -0.2) is 4.39 Å². The lowest BCUT2D eigenvalue weighted by Gasteiger charge is -2.07. The van der Waals surface area contributed by atoms with Crippen LogP contribution in [0.5, 0.6) is 0 Å². The highest BCUT2D eigenvalue weighted by Gasteiger charge is 2.10. The fourth-order valence-corrected chi connectivity index (χ4v) is 1.78. The Hall–Kier alpha value is -1.46. The maximum Gasteiger partial charge on any atom is 0.255 e. The predicted octanol–water partition coefficient (Wildman–Crippen LogP) is 3.89. The molecule has 0 spiro atoms. The molecule has 1 N–H and O–H groups in total. The molecule has 0 bridgehead atoms. The average molecular weight is 330 g/mol. The van der Waals surface area contributed by atoms with Gasteiger partial charge in [-0.2, -0.15) is 0 Å². The number of hydrogen-bond acceptors (Lipinski definition) is 2. The molecule has 0 aliphatic carbocycles. The van der Waals surface area contributed by atoms with Gasteiger partial charge in [0.2, 0.25) is 0 Å². The van der Waals surface area contributed by atoms with Crippen molar-refractivity contribution in [3.63, 3.8) is 0 Å². The molecule has 0 unspecified atom stereocenters. The highest BCUT2D eigenvalue weighted by Crippen LogP contribution is 2.21. The van der Waals surface area contributed by atoms with Crippen LogP contribution in [0, 0.1) is 5.82 Å². The smallest absolute Gasteiger partial charge is 0.255 e. The second-order valence-corrected chi connectivity index (χ2v) is 4.70. The van der Waals surface area contributed by atoms with Crippen molar-refractivity contribution in [2.45, 2.75) is 0 Å². The SMILES string of the molecule is O=C(Nc1ccncc1Br)c1ccc(Cl)c(F)c1. The molecular weight excluding hydrogens is 322 g/mol.